The van der Waals surface area contributed by atoms with Gasteiger partial charge in [0.1, 0.15) is 10.8 Å². The van der Waals surface area contributed by atoms with E-state index in [1.54, 1.807) is 17.0 Å². The Labute approximate surface area is 173 Å². The third-order valence-electron chi connectivity index (χ3n) is 4.61. The Balaban J connectivity index is 1.41. The number of amides is 3. The lowest BCUT2D eigenvalue weighted by Crippen LogP contribution is -2.39. The molecule has 156 valence electrons. The van der Waals surface area contributed by atoms with Gasteiger partial charge in [0, 0.05) is 18.3 Å². The maximum atomic E-state index is 13.3. The van der Waals surface area contributed by atoms with Crippen LogP contribution in [0.25, 0.3) is 0 Å². The van der Waals surface area contributed by atoms with E-state index in [1.165, 1.54) is 12.3 Å². The highest BCUT2D eigenvalue weighted by Crippen LogP contribution is 2.33. The number of benzene rings is 1. The number of likely N-dealkylation sites (tertiary alicyclic amines) is 1. The highest BCUT2D eigenvalue weighted by Gasteiger charge is 2.33. The lowest BCUT2D eigenvalue weighted by molar-refractivity contribution is 0.102. The summed E-state index contributed by atoms with van der Waals surface area (Å²) in [6, 6.07) is 6.03. The molecule has 3 heterocycles. The number of nitrogens with zero attached hydrogens (tertiary/aromatic N) is 3. The number of halogens is 2. The van der Waals surface area contributed by atoms with Crippen LogP contribution >= 0.6 is 11.3 Å². The predicted octanol–water partition coefficient (Wildman–Crippen LogP) is 3.71. The van der Waals surface area contributed by atoms with Crippen LogP contribution in [-0.4, -0.2) is 33.6 Å². The van der Waals surface area contributed by atoms with Crippen molar-refractivity contribution < 1.29 is 22.8 Å². The molecule has 1 aliphatic rings. The number of urea groups is 1. The summed E-state index contributed by atoms with van der Waals surface area (Å²) in [6.45, 7) is 0.831. The van der Waals surface area contributed by atoms with Gasteiger partial charge in [0.15, 0.2) is 11.6 Å². The summed E-state index contributed by atoms with van der Waals surface area (Å²) >= 11 is 1.06. The Morgan fingerprint density at radius 1 is 1.23 bits per heavy atom. The van der Waals surface area contributed by atoms with Crippen LogP contribution in [0.5, 0.6) is 0 Å². The van der Waals surface area contributed by atoms with Gasteiger partial charge in [-0.1, -0.05) is 11.3 Å². The number of furan rings is 1. The third kappa shape index (κ3) is 4.30. The van der Waals surface area contributed by atoms with Crippen molar-refractivity contribution in [3.05, 3.63) is 64.0 Å². The van der Waals surface area contributed by atoms with Crippen molar-refractivity contribution >= 4 is 29.0 Å². The molecule has 1 aliphatic heterocycles. The Bertz CT molecular complexity index is 1060. The van der Waals surface area contributed by atoms with E-state index in [0.29, 0.717) is 23.7 Å². The van der Waals surface area contributed by atoms with Gasteiger partial charge >= 0.3 is 6.03 Å². The molecule has 0 unspecified atom stereocenters. The highest BCUT2D eigenvalue weighted by atomic mass is 32.1. The predicted molar refractivity (Wildman–Crippen MR) is 104 cm³/mol. The first-order valence-corrected chi connectivity index (χ1v) is 9.99. The zero-order chi connectivity index (χ0) is 21.1. The van der Waals surface area contributed by atoms with Crippen molar-refractivity contribution in [1.82, 2.24) is 20.4 Å². The molecule has 1 aromatic carbocycles. The van der Waals surface area contributed by atoms with Crippen molar-refractivity contribution in [3.63, 3.8) is 0 Å². The molecule has 3 amide bonds. The molecule has 1 saturated heterocycles. The molecular weight excluding hydrogens is 416 g/mol. The highest BCUT2D eigenvalue weighted by molar-refractivity contribution is 7.13. The molecule has 0 bridgehead atoms. The molecule has 2 N–H and O–H groups in total. The first-order valence-electron chi connectivity index (χ1n) is 9.18. The lowest BCUT2D eigenvalue weighted by Gasteiger charge is -2.22. The van der Waals surface area contributed by atoms with Gasteiger partial charge in [-0.3, -0.25) is 4.79 Å². The van der Waals surface area contributed by atoms with Gasteiger partial charge in [0.05, 0.1) is 18.8 Å². The van der Waals surface area contributed by atoms with Crippen LogP contribution in [0.4, 0.5) is 19.3 Å². The molecule has 0 radical (unpaired) electrons. The molecule has 8 nitrogen and oxygen atoms in total. The van der Waals surface area contributed by atoms with E-state index < -0.39 is 17.5 Å². The monoisotopic (exact) mass is 433 g/mol. The summed E-state index contributed by atoms with van der Waals surface area (Å²) in [7, 11) is 0. The van der Waals surface area contributed by atoms with Gasteiger partial charge in [-0.05, 0) is 37.1 Å². The van der Waals surface area contributed by atoms with Crippen LogP contribution in [0.3, 0.4) is 0 Å². The molecule has 0 aliphatic carbocycles. The van der Waals surface area contributed by atoms with E-state index >= 15 is 0 Å². The Morgan fingerprint density at radius 3 is 2.87 bits per heavy atom. The van der Waals surface area contributed by atoms with Gasteiger partial charge in [-0.25, -0.2) is 13.6 Å². The summed E-state index contributed by atoms with van der Waals surface area (Å²) in [5.41, 5.74) is 0.107. The fraction of sp³-hybridized carbons (Fsp3) is 0.263. The van der Waals surface area contributed by atoms with Crippen molar-refractivity contribution in [2.24, 2.45) is 0 Å². The summed E-state index contributed by atoms with van der Waals surface area (Å²) in [6.07, 6.45) is 3.04. The number of hydrogen-bond acceptors (Lipinski definition) is 6. The van der Waals surface area contributed by atoms with Crippen molar-refractivity contribution in [1.29, 1.82) is 0 Å². The smallest absolute Gasteiger partial charge is 0.318 e. The average molecular weight is 433 g/mol. The van der Waals surface area contributed by atoms with E-state index in [9.17, 15) is 18.4 Å². The van der Waals surface area contributed by atoms with E-state index in [-0.39, 0.29) is 29.3 Å². The fourth-order valence-electron chi connectivity index (χ4n) is 3.16. The van der Waals surface area contributed by atoms with Crippen LogP contribution in [0, 0.1) is 11.6 Å². The fourth-order valence-corrected chi connectivity index (χ4v) is 4.05. The number of carbonyl (C=O) groups excluding carboxylic acids is 2. The van der Waals surface area contributed by atoms with E-state index in [0.717, 1.165) is 29.9 Å². The molecule has 0 spiro atoms. The van der Waals surface area contributed by atoms with Crippen molar-refractivity contribution in [2.45, 2.75) is 25.4 Å². The van der Waals surface area contributed by atoms with E-state index in [2.05, 4.69) is 20.8 Å². The number of aromatic nitrogens is 2. The maximum absolute atomic E-state index is 13.3. The van der Waals surface area contributed by atoms with Crippen LogP contribution in [0.15, 0.2) is 41.0 Å². The number of rotatable bonds is 5. The number of nitrogens with one attached hydrogen (secondary N) is 2. The minimum Gasteiger partial charge on any atom is -0.467 e. The largest absolute Gasteiger partial charge is 0.467 e. The van der Waals surface area contributed by atoms with Crippen LogP contribution in [-0.2, 0) is 6.54 Å². The summed E-state index contributed by atoms with van der Waals surface area (Å²) in [5.74, 6) is -2.01. The van der Waals surface area contributed by atoms with Crippen molar-refractivity contribution in [2.75, 3.05) is 11.9 Å². The standard InChI is InChI=1S/C19H17F2N5O3S/c20-13-6-5-11(9-14(13)21)23-16(27)18-25-24-17(30-18)15-4-1-7-26(15)19(28)22-10-12-3-2-8-29-12/h2-3,5-6,8-9,15H,1,4,7,10H2,(H,22,28)(H,23,27)/t15-/m1/s1. The van der Waals surface area contributed by atoms with Gasteiger partial charge < -0.3 is 20.0 Å². The van der Waals surface area contributed by atoms with Crippen LogP contribution < -0.4 is 10.6 Å². The Kier molecular flexibility index (Phi) is 5.70. The molecule has 1 atom stereocenters. The first kappa shape index (κ1) is 20.0. The third-order valence-corrected chi connectivity index (χ3v) is 5.63. The second-order valence-electron chi connectivity index (χ2n) is 6.62. The molecular formula is C19H17F2N5O3S. The van der Waals surface area contributed by atoms with Crippen LogP contribution in [0.2, 0.25) is 0 Å². The molecule has 0 saturated carbocycles. The molecule has 4 rings (SSSR count). The number of anilines is 1. The first-order chi connectivity index (χ1) is 14.5. The average Bonchev–Trinajstić information content (AvgIpc) is 3.49. The van der Waals surface area contributed by atoms with Gasteiger partial charge in [0.2, 0.25) is 5.01 Å². The van der Waals surface area contributed by atoms with Crippen LogP contribution in [0.1, 0.15) is 39.5 Å². The van der Waals surface area contributed by atoms with E-state index in [4.69, 9.17) is 4.42 Å². The maximum Gasteiger partial charge on any atom is 0.318 e. The molecule has 30 heavy (non-hydrogen) atoms. The molecule has 3 aromatic rings. The minimum absolute atomic E-state index is 0.0672. The number of hydrogen-bond donors (Lipinski definition) is 2. The SMILES string of the molecule is O=C(Nc1ccc(F)c(F)c1)c1nnc([C@H]2CCCN2C(=O)NCc2ccco2)s1. The quantitative estimate of drug-likeness (QED) is 0.639. The minimum atomic E-state index is -1.06. The zero-order valence-electron chi connectivity index (χ0n) is 15.6. The zero-order valence-corrected chi connectivity index (χ0v) is 16.4. The molecule has 2 aromatic heterocycles. The second kappa shape index (κ2) is 8.57. The normalized spacial score (nSPS) is 15.9. The Morgan fingerprint density at radius 2 is 2.10 bits per heavy atom. The Hall–Kier alpha value is -3.34. The molecule has 11 heteroatoms. The lowest BCUT2D eigenvalue weighted by atomic mass is 10.2. The van der Waals surface area contributed by atoms with Gasteiger partial charge in [-0.2, -0.15) is 0 Å². The summed E-state index contributed by atoms with van der Waals surface area (Å²) < 4.78 is 31.5. The second-order valence-corrected chi connectivity index (χ2v) is 7.63. The summed E-state index contributed by atoms with van der Waals surface area (Å²) in [5, 5.41) is 13.8. The van der Waals surface area contributed by atoms with Gasteiger partial charge in [0.25, 0.3) is 5.91 Å². The molecule has 1 fully saturated rings. The van der Waals surface area contributed by atoms with Gasteiger partial charge in [-0.15, -0.1) is 10.2 Å². The number of carbonyl (C=O) groups is 2. The van der Waals surface area contributed by atoms with E-state index in [1.807, 2.05) is 0 Å². The summed E-state index contributed by atoms with van der Waals surface area (Å²) in [4.78, 5) is 26.6. The topological polar surface area (TPSA) is 100 Å². The van der Waals surface area contributed by atoms with Crippen molar-refractivity contribution in [3.8, 4) is 0 Å².